The Balaban J connectivity index is 1.78. The molecule has 24 heavy (non-hydrogen) atoms. The van der Waals surface area contributed by atoms with Crippen molar-refractivity contribution in [2.24, 2.45) is 0 Å². The predicted octanol–water partition coefficient (Wildman–Crippen LogP) is 6.50. The zero-order valence-electron chi connectivity index (χ0n) is 14.2. The van der Waals surface area contributed by atoms with Crippen LogP contribution >= 0.6 is 0 Å². The zero-order chi connectivity index (χ0) is 16.1. The normalized spacial score (nSPS) is 17.0. The Morgan fingerprint density at radius 1 is 0.708 bits per heavy atom. The molecule has 0 radical (unpaired) electrons. The molecule has 0 saturated heterocycles. The molecule has 0 aliphatic heterocycles. The molecule has 118 valence electrons. The third kappa shape index (κ3) is 1.80. The van der Waals surface area contributed by atoms with E-state index >= 15 is 0 Å². The minimum absolute atomic E-state index is 0.265. The van der Waals surface area contributed by atoms with Crippen molar-refractivity contribution in [2.45, 2.75) is 38.0 Å². The molecular weight excluding hydrogens is 288 g/mol. The van der Waals surface area contributed by atoms with Crippen molar-refractivity contribution < 1.29 is 0 Å². The Morgan fingerprint density at radius 3 is 2.29 bits per heavy atom. The topological polar surface area (TPSA) is 0 Å². The molecule has 0 nitrogen and oxygen atoms in total. The number of rotatable bonds is 1. The number of hydrogen-bond acceptors (Lipinski definition) is 0. The van der Waals surface area contributed by atoms with Crippen LogP contribution in [0, 0.1) is 6.92 Å². The van der Waals surface area contributed by atoms with Gasteiger partial charge in [-0.2, -0.15) is 0 Å². The van der Waals surface area contributed by atoms with Gasteiger partial charge >= 0.3 is 0 Å². The predicted molar refractivity (Wildman–Crippen MR) is 101 cm³/mol. The second kappa shape index (κ2) is 5.08. The molecule has 0 unspecified atom stereocenters. The Kier molecular flexibility index (Phi) is 2.97. The minimum atomic E-state index is 0.265. The smallest absolute Gasteiger partial charge is 0.0215 e. The number of aryl methyl sites for hydroxylation is 1. The highest BCUT2D eigenvalue weighted by molar-refractivity contribution is 5.85. The fourth-order valence-corrected chi connectivity index (χ4v) is 5.05. The summed E-state index contributed by atoms with van der Waals surface area (Å²) >= 11 is 0. The van der Waals surface area contributed by atoms with Gasteiger partial charge in [0.05, 0.1) is 0 Å². The molecule has 5 rings (SSSR count). The Bertz CT molecular complexity index is 912. The summed E-state index contributed by atoms with van der Waals surface area (Å²) in [7, 11) is 0. The summed E-state index contributed by atoms with van der Waals surface area (Å²) in [6.45, 7) is 2.27. The van der Waals surface area contributed by atoms with E-state index in [1.54, 1.807) is 11.1 Å². The van der Waals surface area contributed by atoms with Crippen molar-refractivity contribution in [2.75, 3.05) is 0 Å². The maximum Gasteiger partial charge on any atom is 0.0215 e. The lowest BCUT2D eigenvalue weighted by Gasteiger charge is -2.27. The molecule has 1 spiro atoms. The van der Waals surface area contributed by atoms with Crippen LogP contribution in [-0.2, 0) is 5.41 Å². The molecular formula is C24H22. The first-order valence-corrected chi connectivity index (χ1v) is 9.10. The van der Waals surface area contributed by atoms with Gasteiger partial charge < -0.3 is 0 Å². The van der Waals surface area contributed by atoms with Crippen molar-refractivity contribution in [1.29, 1.82) is 0 Å². The number of fused-ring (bicyclic) bond motifs is 5. The van der Waals surface area contributed by atoms with Crippen molar-refractivity contribution in [1.82, 2.24) is 0 Å². The molecule has 2 aliphatic rings. The average molecular weight is 310 g/mol. The maximum absolute atomic E-state index is 2.48. The van der Waals surface area contributed by atoms with E-state index in [1.807, 2.05) is 0 Å². The van der Waals surface area contributed by atoms with Crippen LogP contribution in [0.1, 0.15) is 42.4 Å². The largest absolute Gasteiger partial charge is 0.0622 e. The van der Waals surface area contributed by atoms with Crippen LogP contribution in [0.4, 0.5) is 0 Å². The number of hydrogen-bond donors (Lipinski definition) is 0. The van der Waals surface area contributed by atoms with Crippen LogP contribution in [0.2, 0.25) is 0 Å². The lowest BCUT2D eigenvalue weighted by molar-refractivity contribution is 0.550. The van der Waals surface area contributed by atoms with Crippen molar-refractivity contribution >= 4 is 0 Å². The average Bonchev–Trinajstić information content (AvgIpc) is 3.22. The van der Waals surface area contributed by atoms with E-state index in [0.717, 1.165) is 0 Å². The lowest BCUT2D eigenvalue weighted by atomic mass is 9.76. The van der Waals surface area contributed by atoms with Gasteiger partial charge in [0.2, 0.25) is 0 Å². The summed E-state index contributed by atoms with van der Waals surface area (Å²) in [5.74, 6) is 0. The highest BCUT2D eigenvalue weighted by Gasteiger charge is 2.45. The van der Waals surface area contributed by atoms with Crippen molar-refractivity contribution in [3.63, 3.8) is 0 Å². The third-order valence-electron chi connectivity index (χ3n) is 6.16. The van der Waals surface area contributed by atoms with Crippen LogP contribution in [0.5, 0.6) is 0 Å². The van der Waals surface area contributed by atoms with Crippen LogP contribution in [0.25, 0.3) is 22.3 Å². The van der Waals surface area contributed by atoms with Gasteiger partial charge in [-0.3, -0.25) is 0 Å². The van der Waals surface area contributed by atoms with E-state index in [4.69, 9.17) is 0 Å². The molecule has 0 heteroatoms. The molecule has 3 aromatic carbocycles. The van der Waals surface area contributed by atoms with Crippen molar-refractivity contribution in [3.05, 3.63) is 83.4 Å². The first kappa shape index (κ1) is 14.0. The molecule has 0 heterocycles. The summed E-state index contributed by atoms with van der Waals surface area (Å²) in [4.78, 5) is 0. The van der Waals surface area contributed by atoms with Crippen molar-refractivity contribution in [3.8, 4) is 22.3 Å². The zero-order valence-corrected chi connectivity index (χ0v) is 14.2. The van der Waals surface area contributed by atoms with Crippen LogP contribution in [0.15, 0.2) is 66.7 Å². The minimum Gasteiger partial charge on any atom is -0.0622 e. The highest BCUT2D eigenvalue weighted by Crippen LogP contribution is 2.58. The highest BCUT2D eigenvalue weighted by atomic mass is 14.5. The summed E-state index contributed by atoms with van der Waals surface area (Å²) in [6.07, 6.45) is 5.30. The number of benzene rings is 3. The van der Waals surface area contributed by atoms with Crippen LogP contribution < -0.4 is 0 Å². The third-order valence-corrected chi connectivity index (χ3v) is 6.16. The molecule has 1 fully saturated rings. The molecule has 0 amide bonds. The first-order chi connectivity index (χ1) is 11.8. The molecule has 2 aliphatic carbocycles. The fraction of sp³-hybridized carbons (Fsp3) is 0.250. The monoisotopic (exact) mass is 310 g/mol. The summed E-state index contributed by atoms with van der Waals surface area (Å²) in [5, 5.41) is 0. The second-order valence-corrected chi connectivity index (χ2v) is 7.41. The van der Waals surface area contributed by atoms with Gasteiger partial charge in [-0.05, 0) is 64.8 Å². The van der Waals surface area contributed by atoms with Gasteiger partial charge in [0.1, 0.15) is 0 Å². The second-order valence-electron chi connectivity index (χ2n) is 7.41. The molecule has 1 saturated carbocycles. The molecule has 0 N–H and O–H groups in total. The van der Waals surface area contributed by atoms with E-state index in [1.165, 1.54) is 53.5 Å². The van der Waals surface area contributed by atoms with E-state index in [9.17, 15) is 0 Å². The van der Waals surface area contributed by atoms with Crippen LogP contribution in [0.3, 0.4) is 0 Å². The molecule has 0 atom stereocenters. The van der Waals surface area contributed by atoms with E-state index < -0.39 is 0 Å². The van der Waals surface area contributed by atoms with Crippen LogP contribution in [-0.4, -0.2) is 0 Å². The van der Waals surface area contributed by atoms with Gasteiger partial charge in [-0.1, -0.05) is 73.5 Å². The fourth-order valence-electron chi connectivity index (χ4n) is 5.05. The Hall–Kier alpha value is -2.34. The summed E-state index contributed by atoms with van der Waals surface area (Å²) in [5.41, 5.74) is 10.5. The van der Waals surface area contributed by atoms with Gasteiger partial charge in [0.15, 0.2) is 0 Å². The standard InChI is InChI=1S/C24H22/c1-17-8-7-11-21-23(17)20-13-12-19(18-9-3-2-4-10-18)16-22(20)24(21)14-5-6-15-24/h2-4,7-13,16H,5-6,14-15H2,1H3. The quantitative estimate of drug-likeness (QED) is 0.481. The van der Waals surface area contributed by atoms with E-state index in [0.29, 0.717) is 0 Å². The SMILES string of the molecule is Cc1cccc2c1-c1ccc(-c3ccccc3)cc1C21CCCC1. The van der Waals surface area contributed by atoms with Gasteiger partial charge in [-0.25, -0.2) is 0 Å². The Morgan fingerprint density at radius 2 is 1.50 bits per heavy atom. The van der Waals surface area contributed by atoms with E-state index in [2.05, 4.69) is 73.7 Å². The maximum atomic E-state index is 2.48. The van der Waals surface area contributed by atoms with E-state index in [-0.39, 0.29) is 5.41 Å². The Labute approximate surface area is 144 Å². The van der Waals surface area contributed by atoms with Gasteiger partial charge in [0, 0.05) is 5.41 Å². The van der Waals surface area contributed by atoms with Gasteiger partial charge in [-0.15, -0.1) is 0 Å². The first-order valence-electron chi connectivity index (χ1n) is 9.10. The molecule has 3 aromatic rings. The molecule has 0 bridgehead atoms. The summed E-state index contributed by atoms with van der Waals surface area (Å²) < 4.78 is 0. The van der Waals surface area contributed by atoms with Gasteiger partial charge in [0.25, 0.3) is 0 Å². The summed E-state index contributed by atoms with van der Waals surface area (Å²) in [6, 6.07) is 24.8. The lowest BCUT2D eigenvalue weighted by Crippen LogP contribution is -2.20. The molecule has 0 aromatic heterocycles.